The van der Waals surface area contributed by atoms with E-state index in [-0.39, 0.29) is 5.41 Å². The Morgan fingerprint density at radius 3 is 2.48 bits per heavy atom. The van der Waals surface area contributed by atoms with E-state index in [1.165, 1.54) is 44.1 Å². The quantitative estimate of drug-likeness (QED) is 0.814. The zero-order chi connectivity index (χ0) is 16.9. The Bertz CT molecular complexity index is 731. The molecule has 25 heavy (non-hydrogen) atoms. The number of hydrogen-bond acceptors (Lipinski definition) is 4. The number of aromatic nitrogens is 2. The maximum atomic E-state index is 5.64. The summed E-state index contributed by atoms with van der Waals surface area (Å²) in [5, 5.41) is 4.44. The lowest BCUT2D eigenvalue weighted by Crippen LogP contribution is -2.49. The molecule has 0 amide bonds. The molecule has 1 heterocycles. The summed E-state index contributed by atoms with van der Waals surface area (Å²) in [4.78, 5) is 4.85. The molecule has 4 bridgehead atoms. The summed E-state index contributed by atoms with van der Waals surface area (Å²) in [5.74, 6) is 5.41. The number of benzene rings is 1. The van der Waals surface area contributed by atoms with Crippen molar-refractivity contribution in [2.75, 3.05) is 7.11 Å². The highest BCUT2D eigenvalue weighted by atomic mass is 16.5. The summed E-state index contributed by atoms with van der Waals surface area (Å²) in [6, 6.07) is 8.21. The molecule has 0 atom stereocenters. The number of methoxy groups -OCH3 is 1. The van der Waals surface area contributed by atoms with Gasteiger partial charge in [-0.1, -0.05) is 17.3 Å². The average Bonchev–Trinajstić information content (AvgIpc) is 3.09. The Morgan fingerprint density at radius 2 is 1.80 bits per heavy atom. The zero-order valence-corrected chi connectivity index (χ0v) is 14.9. The molecule has 132 valence electrons. The molecular formula is C21H26N2O2. The van der Waals surface area contributed by atoms with Crippen LogP contribution in [0.4, 0.5) is 0 Å². The monoisotopic (exact) mass is 338 g/mol. The molecule has 4 nitrogen and oxygen atoms in total. The number of nitrogens with zero attached hydrogens (tertiary/aromatic N) is 2. The van der Waals surface area contributed by atoms with Crippen LogP contribution in [0.2, 0.25) is 0 Å². The molecule has 1 aromatic heterocycles. The lowest BCUT2D eigenvalue weighted by atomic mass is 9.49. The standard InChI is InChI=1S/C21H26N2O2/c1-24-18-4-2-3-14(10-18)5-6-19-22-20(23-25-19)21-11-15-7-16(12-21)9-17(8-15)13-21/h2-4,10,15-17H,5-9,11-13H2,1H3. The maximum absolute atomic E-state index is 5.64. The molecule has 0 saturated heterocycles. The fraction of sp³-hybridized carbons (Fsp3) is 0.619. The Labute approximate surface area is 149 Å². The van der Waals surface area contributed by atoms with Gasteiger partial charge in [-0.15, -0.1) is 0 Å². The summed E-state index contributed by atoms with van der Waals surface area (Å²) in [6.07, 6.45) is 9.89. The first-order valence-corrected chi connectivity index (χ1v) is 9.68. The maximum Gasteiger partial charge on any atom is 0.226 e. The van der Waals surface area contributed by atoms with Crippen molar-refractivity contribution in [3.63, 3.8) is 0 Å². The van der Waals surface area contributed by atoms with Gasteiger partial charge in [0.05, 0.1) is 7.11 Å². The fourth-order valence-corrected chi connectivity index (χ4v) is 6.04. The van der Waals surface area contributed by atoms with Gasteiger partial charge < -0.3 is 9.26 Å². The van der Waals surface area contributed by atoms with E-state index in [0.29, 0.717) is 0 Å². The van der Waals surface area contributed by atoms with Crippen molar-refractivity contribution in [1.82, 2.24) is 10.1 Å². The van der Waals surface area contributed by atoms with Gasteiger partial charge in [-0.2, -0.15) is 4.98 Å². The zero-order valence-electron chi connectivity index (χ0n) is 14.9. The number of hydrogen-bond donors (Lipinski definition) is 0. The molecule has 0 radical (unpaired) electrons. The molecule has 0 unspecified atom stereocenters. The first-order valence-electron chi connectivity index (χ1n) is 9.68. The van der Waals surface area contributed by atoms with Gasteiger partial charge in [-0.05, 0) is 80.4 Å². The van der Waals surface area contributed by atoms with E-state index >= 15 is 0 Å². The smallest absolute Gasteiger partial charge is 0.226 e. The molecule has 4 aliphatic rings. The third-order valence-electron chi connectivity index (χ3n) is 6.74. The van der Waals surface area contributed by atoms with E-state index in [2.05, 4.69) is 17.3 Å². The van der Waals surface area contributed by atoms with Crippen LogP contribution < -0.4 is 4.74 Å². The molecule has 6 rings (SSSR count). The number of ether oxygens (including phenoxy) is 1. The highest BCUT2D eigenvalue weighted by Crippen LogP contribution is 2.60. The van der Waals surface area contributed by atoms with Crippen LogP contribution in [0.15, 0.2) is 28.8 Å². The van der Waals surface area contributed by atoms with Gasteiger partial charge >= 0.3 is 0 Å². The van der Waals surface area contributed by atoms with Crippen LogP contribution >= 0.6 is 0 Å². The highest BCUT2D eigenvalue weighted by molar-refractivity contribution is 5.28. The first kappa shape index (κ1) is 15.4. The van der Waals surface area contributed by atoms with E-state index in [0.717, 1.165) is 48.1 Å². The SMILES string of the molecule is COc1cccc(CCc2nc(C34CC5CC(CC(C5)C3)C4)no2)c1. The van der Waals surface area contributed by atoms with Crippen LogP contribution in [0, 0.1) is 17.8 Å². The third-order valence-corrected chi connectivity index (χ3v) is 6.74. The molecule has 2 aromatic rings. The minimum Gasteiger partial charge on any atom is -0.497 e. The second-order valence-corrected chi connectivity index (χ2v) is 8.56. The first-order chi connectivity index (χ1) is 12.2. The minimum atomic E-state index is 0.229. The lowest BCUT2D eigenvalue weighted by molar-refractivity contribution is -0.0103. The molecular weight excluding hydrogens is 312 g/mol. The van der Waals surface area contributed by atoms with E-state index in [4.69, 9.17) is 14.2 Å². The summed E-state index contributed by atoms with van der Waals surface area (Å²) in [6.45, 7) is 0. The Kier molecular flexibility index (Phi) is 3.61. The van der Waals surface area contributed by atoms with E-state index < -0.39 is 0 Å². The van der Waals surface area contributed by atoms with Gasteiger partial charge in [-0.25, -0.2) is 0 Å². The summed E-state index contributed by atoms with van der Waals surface area (Å²) < 4.78 is 10.9. The van der Waals surface area contributed by atoms with Crippen LogP contribution in [-0.4, -0.2) is 17.3 Å². The summed E-state index contributed by atoms with van der Waals surface area (Å²) in [5.41, 5.74) is 1.47. The normalized spacial score (nSPS) is 32.9. The van der Waals surface area contributed by atoms with E-state index in [9.17, 15) is 0 Å². The van der Waals surface area contributed by atoms with Gasteiger partial charge in [-0.3, -0.25) is 0 Å². The molecule has 4 fully saturated rings. The van der Waals surface area contributed by atoms with Crippen molar-refractivity contribution in [2.24, 2.45) is 17.8 Å². The van der Waals surface area contributed by atoms with E-state index in [1.54, 1.807) is 7.11 Å². The van der Waals surface area contributed by atoms with Gasteiger partial charge in [0, 0.05) is 11.8 Å². The van der Waals surface area contributed by atoms with Crippen molar-refractivity contribution in [2.45, 2.75) is 56.8 Å². The second-order valence-electron chi connectivity index (χ2n) is 8.56. The number of rotatable bonds is 5. The molecule has 4 heteroatoms. The summed E-state index contributed by atoms with van der Waals surface area (Å²) >= 11 is 0. The predicted octanol–water partition coefficient (Wildman–Crippen LogP) is 4.33. The van der Waals surface area contributed by atoms with Gasteiger partial charge in [0.15, 0.2) is 5.82 Å². The Balaban J connectivity index is 1.30. The molecule has 1 aromatic carbocycles. The lowest BCUT2D eigenvalue weighted by Gasteiger charge is -2.55. The average molecular weight is 338 g/mol. The van der Waals surface area contributed by atoms with Gasteiger partial charge in [0.1, 0.15) is 5.75 Å². The minimum absolute atomic E-state index is 0.229. The van der Waals surface area contributed by atoms with Crippen molar-refractivity contribution in [3.8, 4) is 5.75 Å². The van der Waals surface area contributed by atoms with Gasteiger partial charge in [0.2, 0.25) is 5.89 Å². The summed E-state index contributed by atoms with van der Waals surface area (Å²) in [7, 11) is 1.70. The predicted molar refractivity (Wildman–Crippen MR) is 94.6 cm³/mol. The molecule has 4 aliphatic carbocycles. The van der Waals surface area contributed by atoms with Crippen molar-refractivity contribution < 1.29 is 9.26 Å². The molecule has 4 saturated carbocycles. The third kappa shape index (κ3) is 2.76. The number of aryl methyl sites for hydroxylation is 2. The largest absolute Gasteiger partial charge is 0.497 e. The second kappa shape index (κ2) is 5.86. The van der Waals surface area contributed by atoms with Crippen molar-refractivity contribution in [3.05, 3.63) is 41.5 Å². The van der Waals surface area contributed by atoms with Crippen molar-refractivity contribution in [1.29, 1.82) is 0 Å². The molecule has 0 spiro atoms. The topological polar surface area (TPSA) is 48.2 Å². The fourth-order valence-electron chi connectivity index (χ4n) is 6.04. The van der Waals surface area contributed by atoms with Crippen LogP contribution in [0.25, 0.3) is 0 Å². The van der Waals surface area contributed by atoms with Crippen LogP contribution in [0.1, 0.15) is 55.8 Å². The Hall–Kier alpha value is -1.84. The van der Waals surface area contributed by atoms with Crippen LogP contribution in [0.5, 0.6) is 5.75 Å². The molecule has 0 N–H and O–H groups in total. The highest BCUT2D eigenvalue weighted by Gasteiger charge is 2.53. The van der Waals surface area contributed by atoms with Crippen LogP contribution in [0.3, 0.4) is 0 Å². The molecule has 0 aliphatic heterocycles. The van der Waals surface area contributed by atoms with Crippen LogP contribution in [-0.2, 0) is 18.3 Å². The van der Waals surface area contributed by atoms with E-state index in [1.807, 2.05) is 12.1 Å². The Morgan fingerprint density at radius 1 is 1.08 bits per heavy atom. The van der Waals surface area contributed by atoms with Gasteiger partial charge in [0.25, 0.3) is 0 Å². The van der Waals surface area contributed by atoms with Crippen molar-refractivity contribution >= 4 is 0 Å².